The van der Waals surface area contributed by atoms with Gasteiger partial charge in [0.1, 0.15) is 6.10 Å². The first kappa shape index (κ1) is 11.8. The summed E-state index contributed by atoms with van der Waals surface area (Å²) in [5.74, 6) is 4.75. The Bertz CT molecular complexity index is 89.4. The van der Waals surface area contributed by atoms with Crippen LogP contribution in [0.4, 0.5) is 0 Å². The fourth-order valence-electron chi connectivity index (χ4n) is 0.717. The van der Waals surface area contributed by atoms with E-state index in [-0.39, 0.29) is 19.3 Å². The van der Waals surface area contributed by atoms with Crippen molar-refractivity contribution >= 4 is 0 Å². The van der Waals surface area contributed by atoms with Crippen LogP contribution in [-0.4, -0.2) is 44.2 Å². The molecule has 0 bridgehead atoms. The van der Waals surface area contributed by atoms with Gasteiger partial charge >= 0.3 is 0 Å². The molecule has 2 unspecified atom stereocenters. The Morgan fingerprint density at radius 2 is 2.00 bits per heavy atom. The Balaban J connectivity index is 3.27. The maximum atomic E-state index is 9.10. The number of hydrogen-bond donors (Lipinski definition) is 2. The molecule has 0 fully saturated rings. The van der Waals surface area contributed by atoms with Crippen LogP contribution in [0.3, 0.4) is 0 Å². The van der Waals surface area contributed by atoms with Gasteiger partial charge in [0, 0.05) is 7.11 Å². The van der Waals surface area contributed by atoms with Gasteiger partial charge in [-0.3, -0.25) is 0 Å². The Labute approximate surface area is 72.4 Å². The molecule has 2 atom stereocenters. The van der Waals surface area contributed by atoms with E-state index in [2.05, 4.69) is 4.84 Å². The first-order valence-electron chi connectivity index (χ1n) is 3.81. The first-order chi connectivity index (χ1) is 5.70. The zero-order valence-electron chi connectivity index (χ0n) is 7.53. The van der Waals surface area contributed by atoms with Gasteiger partial charge in [-0.2, -0.15) is 0 Å². The first-order valence-corrected chi connectivity index (χ1v) is 3.81. The minimum Gasteiger partial charge on any atom is -0.388 e. The minimum atomic E-state index is -0.672. The zero-order valence-corrected chi connectivity index (χ0v) is 7.53. The van der Waals surface area contributed by atoms with E-state index in [4.69, 9.17) is 20.5 Å². The maximum Gasteiger partial charge on any atom is 0.103 e. The lowest BCUT2D eigenvalue weighted by atomic mass is 10.4. The number of aliphatic hydroxyl groups is 1. The summed E-state index contributed by atoms with van der Waals surface area (Å²) >= 11 is 0. The third kappa shape index (κ3) is 6.51. The highest BCUT2D eigenvalue weighted by Gasteiger charge is 2.07. The summed E-state index contributed by atoms with van der Waals surface area (Å²) in [5, 5.41) is 9.10. The number of hydrogen-bond acceptors (Lipinski definition) is 5. The van der Waals surface area contributed by atoms with Crippen LogP contribution in [0, 0.1) is 0 Å². The lowest BCUT2D eigenvalue weighted by Gasteiger charge is -2.14. The van der Waals surface area contributed by atoms with Crippen molar-refractivity contribution in [2.24, 2.45) is 5.90 Å². The summed E-state index contributed by atoms with van der Waals surface area (Å²) < 4.78 is 10.0. The number of methoxy groups -OCH3 is 1. The zero-order chi connectivity index (χ0) is 9.40. The van der Waals surface area contributed by atoms with Crippen LogP contribution in [0.5, 0.6) is 0 Å². The molecule has 12 heavy (non-hydrogen) atoms. The Morgan fingerprint density at radius 3 is 2.50 bits per heavy atom. The normalized spacial score (nSPS) is 16.0. The molecule has 0 aromatic heterocycles. The van der Waals surface area contributed by atoms with E-state index >= 15 is 0 Å². The molecule has 5 heteroatoms. The van der Waals surface area contributed by atoms with Gasteiger partial charge in [0.05, 0.1) is 25.9 Å². The van der Waals surface area contributed by atoms with Crippen LogP contribution in [-0.2, 0) is 14.3 Å². The van der Waals surface area contributed by atoms with Crippen molar-refractivity contribution in [2.45, 2.75) is 19.1 Å². The molecule has 0 amide bonds. The molecule has 0 aromatic carbocycles. The molecule has 0 aliphatic heterocycles. The second-order valence-electron chi connectivity index (χ2n) is 2.59. The smallest absolute Gasteiger partial charge is 0.103 e. The Kier molecular flexibility index (Phi) is 7.33. The highest BCUT2D eigenvalue weighted by molar-refractivity contribution is 4.53. The molecule has 0 rings (SSSR count). The molecule has 0 spiro atoms. The number of aliphatic hydroxyl groups excluding tert-OH is 1. The number of nitrogens with two attached hydrogens (primary N) is 1. The highest BCUT2D eigenvalue weighted by atomic mass is 16.6. The van der Waals surface area contributed by atoms with Crippen molar-refractivity contribution in [3.05, 3.63) is 0 Å². The highest BCUT2D eigenvalue weighted by Crippen LogP contribution is 1.93. The Hall–Kier alpha value is -0.200. The SMILES string of the molecule is COCC(C)OCC(O)CON. The van der Waals surface area contributed by atoms with Gasteiger partial charge in [-0.1, -0.05) is 0 Å². The van der Waals surface area contributed by atoms with E-state index in [0.29, 0.717) is 6.61 Å². The summed E-state index contributed by atoms with van der Waals surface area (Å²) in [4.78, 5) is 4.23. The van der Waals surface area contributed by atoms with Crippen LogP contribution in [0.1, 0.15) is 6.92 Å². The van der Waals surface area contributed by atoms with Gasteiger partial charge < -0.3 is 19.4 Å². The molecule has 0 radical (unpaired) electrons. The van der Waals surface area contributed by atoms with Crippen molar-refractivity contribution < 1.29 is 19.4 Å². The van der Waals surface area contributed by atoms with E-state index in [1.807, 2.05) is 6.92 Å². The Morgan fingerprint density at radius 1 is 1.33 bits per heavy atom. The van der Waals surface area contributed by atoms with E-state index in [1.54, 1.807) is 7.11 Å². The average Bonchev–Trinajstić information content (AvgIpc) is 2.02. The van der Waals surface area contributed by atoms with Gasteiger partial charge in [0.25, 0.3) is 0 Å². The van der Waals surface area contributed by atoms with Crippen LogP contribution in [0.25, 0.3) is 0 Å². The van der Waals surface area contributed by atoms with Crippen molar-refractivity contribution in [3.8, 4) is 0 Å². The molecule has 0 aliphatic carbocycles. The molecule has 0 saturated heterocycles. The van der Waals surface area contributed by atoms with E-state index in [1.165, 1.54) is 0 Å². The van der Waals surface area contributed by atoms with Crippen LogP contribution in [0.2, 0.25) is 0 Å². The third-order valence-corrected chi connectivity index (χ3v) is 1.26. The van der Waals surface area contributed by atoms with Crippen LogP contribution >= 0.6 is 0 Å². The monoisotopic (exact) mass is 179 g/mol. The van der Waals surface area contributed by atoms with Crippen LogP contribution in [0.15, 0.2) is 0 Å². The predicted octanol–water partition coefficient (Wildman–Crippen LogP) is -0.711. The van der Waals surface area contributed by atoms with Crippen molar-refractivity contribution in [2.75, 3.05) is 26.9 Å². The van der Waals surface area contributed by atoms with Crippen molar-refractivity contribution in [3.63, 3.8) is 0 Å². The van der Waals surface area contributed by atoms with Crippen LogP contribution < -0.4 is 5.90 Å². The van der Waals surface area contributed by atoms with Gasteiger partial charge in [0.2, 0.25) is 0 Å². The topological polar surface area (TPSA) is 73.9 Å². The molecule has 3 N–H and O–H groups in total. The molecule has 0 heterocycles. The summed E-state index contributed by atoms with van der Waals surface area (Å²) in [7, 11) is 1.60. The number of rotatable bonds is 7. The van der Waals surface area contributed by atoms with Gasteiger partial charge in [-0.25, -0.2) is 5.90 Å². The molecular weight excluding hydrogens is 162 g/mol. The van der Waals surface area contributed by atoms with E-state index in [0.717, 1.165) is 0 Å². The number of ether oxygens (including phenoxy) is 2. The summed E-state index contributed by atoms with van der Waals surface area (Å²) in [6.45, 7) is 2.66. The van der Waals surface area contributed by atoms with E-state index < -0.39 is 6.10 Å². The van der Waals surface area contributed by atoms with Gasteiger partial charge in [-0.05, 0) is 6.92 Å². The minimum absolute atomic E-state index is 0.0255. The van der Waals surface area contributed by atoms with E-state index in [9.17, 15) is 0 Å². The van der Waals surface area contributed by atoms with Crippen molar-refractivity contribution in [1.29, 1.82) is 0 Å². The second-order valence-corrected chi connectivity index (χ2v) is 2.59. The fourth-order valence-corrected chi connectivity index (χ4v) is 0.717. The molecule has 74 valence electrons. The molecule has 0 aromatic rings. The molecule has 5 nitrogen and oxygen atoms in total. The summed E-state index contributed by atoms with van der Waals surface area (Å²) in [6.07, 6.45) is -0.697. The fraction of sp³-hybridized carbons (Fsp3) is 1.00. The van der Waals surface area contributed by atoms with Gasteiger partial charge in [0.15, 0.2) is 0 Å². The largest absolute Gasteiger partial charge is 0.388 e. The lowest BCUT2D eigenvalue weighted by Crippen LogP contribution is -2.27. The predicted molar refractivity (Wildman–Crippen MR) is 43.4 cm³/mol. The van der Waals surface area contributed by atoms with Gasteiger partial charge in [-0.15, -0.1) is 0 Å². The molecule has 0 aliphatic rings. The molecular formula is C7H17NO4. The second kappa shape index (κ2) is 7.45. The summed E-state index contributed by atoms with van der Waals surface area (Å²) in [6, 6.07) is 0. The average molecular weight is 179 g/mol. The summed E-state index contributed by atoms with van der Waals surface area (Å²) in [5.41, 5.74) is 0. The molecule has 0 saturated carbocycles. The standard InChI is InChI=1S/C7H17NO4/c1-6(3-10-2)11-4-7(9)5-12-8/h6-7,9H,3-5,8H2,1-2H3. The van der Waals surface area contributed by atoms with Crippen molar-refractivity contribution in [1.82, 2.24) is 0 Å². The third-order valence-electron chi connectivity index (χ3n) is 1.26. The lowest BCUT2D eigenvalue weighted by molar-refractivity contribution is -0.0571. The maximum absolute atomic E-state index is 9.10. The quantitative estimate of drug-likeness (QED) is 0.505.